The Kier molecular flexibility index (Phi) is 3.69. The van der Waals surface area contributed by atoms with Gasteiger partial charge < -0.3 is 0 Å². The number of rotatable bonds is 3. The fourth-order valence-corrected chi connectivity index (χ4v) is 1.84. The second kappa shape index (κ2) is 4.60. The van der Waals surface area contributed by atoms with Crippen molar-refractivity contribution >= 4 is 5.91 Å². The smallest absolute Gasteiger partial charge is 0.237 e. The van der Waals surface area contributed by atoms with Crippen LogP contribution in [0, 0.1) is 5.92 Å². The van der Waals surface area contributed by atoms with E-state index in [1.807, 2.05) is 23.1 Å². The minimum Gasteiger partial charge on any atom is -0.273 e. The van der Waals surface area contributed by atoms with Crippen molar-refractivity contribution in [2.75, 3.05) is 13.6 Å². The number of nitrogens with zero attached hydrogens (tertiary/aromatic N) is 2. The summed E-state index contributed by atoms with van der Waals surface area (Å²) in [7, 11) is 1.96. The molecule has 14 heavy (non-hydrogen) atoms. The van der Waals surface area contributed by atoms with Crippen LogP contribution in [0.3, 0.4) is 0 Å². The lowest BCUT2D eigenvalue weighted by atomic mass is 10.1. The Hall–Kier alpha value is -0.830. The summed E-state index contributed by atoms with van der Waals surface area (Å²) in [4.78, 5) is 11.9. The minimum atomic E-state index is 0.200. The molecule has 0 aromatic rings. The van der Waals surface area contributed by atoms with Crippen molar-refractivity contribution in [3.8, 4) is 0 Å². The number of amides is 1. The van der Waals surface area contributed by atoms with Gasteiger partial charge in [-0.1, -0.05) is 19.9 Å². The van der Waals surface area contributed by atoms with E-state index in [1.165, 1.54) is 0 Å². The number of carbonyl (C=O) groups excluding carboxylic acids is 1. The van der Waals surface area contributed by atoms with E-state index in [4.69, 9.17) is 0 Å². The molecule has 0 N–H and O–H groups in total. The van der Waals surface area contributed by atoms with Crippen molar-refractivity contribution in [3.63, 3.8) is 0 Å². The summed E-state index contributed by atoms with van der Waals surface area (Å²) < 4.78 is 0. The maximum absolute atomic E-state index is 11.9. The van der Waals surface area contributed by atoms with Gasteiger partial charge in [-0.25, -0.2) is 5.01 Å². The van der Waals surface area contributed by atoms with Crippen LogP contribution in [0.5, 0.6) is 0 Å². The van der Waals surface area contributed by atoms with Crippen molar-refractivity contribution in [2.24, 2.45) is 5.92 Å². The van der Waals surface area contributed by atoms with Gasteiger partial charge in [0, 0.05) is 20.0 Å². The molecule has 1 saturated heterocycles. The van der Waals surface area contributed by atoms with Crippen molar-refractivity contribution in [1.29, 1.82) is 0 Å². The molecule has 1 aliphatic heterocycles. The summed E-state index contributed by atoms with van der Waals surface area (Å²) in [5.74, 6) is 0.631. The zero-order valence-electron chi connectivity index (χ0n) is 9.36. The lowest BCUT2D eigenvalue weighted by Gasteiger charge is -2.28. The van der Waals surface area contributed by atoms with E-state index >= 15 is 0 Å². The summed E-state index contributed by atoms with van der Waals surface area (Å²) in [5.41, 5.74) is 0. The fraction of sp³-hybridized carbons (Fsp3) is 0.727. The van der Waals surface area contributed by atoms with Gasteiger partial charge in [-0.15, -0.1) is 6.58 Å². The molecule has 1 fully saturated rings. The first-order chi connectivity index (χ1) is 6.56. The first kappa shape index (κ1) is 11.2. The molecule has 0 spiro atoms. The van der Waals surface area contributed by atoms with Gasteiger partial charge in [-0.05, 0) is 12.3 Å². The zero-order valence-corrected chi connectivity index (χ0v) is 9.36. The van der Waals surface area contributed by atoms with Crippen LogP contribution >= 0.6 is 0 Å². The highest BCUT2D eigenvalue weighted by Gasteiger charge is 2.30. The highest BCUT2D eigenvalue weighted by atomic mass is 16.2. The predicted octanol–water partition coefficient (Wildman–Crippen LogP) is 1.67. The zero-order chi connectivity index (χ0) is 10.7. The van der Waals surface area contributed by atoms with Gasteiger partial charge in [0.25, 0.3) is 0 Å². The van der Waals surface area contributed by atoms with E-state index in [-0.39, 0.29) is 11.9 Å². The van der Waals surface area contributed by atoms with E-state index in [2.05, 4.69) is 20.4 Å². The molecule has 0 aliphatic carbocycles. The van der Waals surface area contributed by atoms with Crippen molar-refractivity contribution < 1.29 is 4.79 Å². The molecule has 0 aromatic heterocycles. The molecule has 0 bridgehead atoms. The minimum absolute atomic E-state index is 0.200. The molecule has 0 aromatic carbocycles. The Balaban J connectivity index is 2.63. The van der Waals surface area contributed by atoms with Crippen molar-refractivity contribution in [2.45, 2.75) is 32.7 Å². The highest BCUT2D eigenvalue weighted by molar-refractivity contribution is 5.76. The van der Waals surface area contributed by atoms with Gasteiger partial charge in [0.05, 0.1) is 6.04 Å². The first-order valence-corrected chi connectivity index (χ1v) is 5.22. The maximum atomic E-state index is 11.9. The van der Waals surface area contributed by atoms with Crippen LogP contribution in [0.25, 0.3) is 0 Å². The Labute approximate surface area is 86.3 Å². The van der Waals surface area contributed by atoms with E-state index in [9.17, 15) is 4.79 Å². The molecular weight excluding hydrogens is 176 g/mol. The molecule has 1 rings (SSSR count). The maximum Gasteiger partial charge on any atom is 0.237 e. The van der Waals surface area contributed by atoms with Crippen LogP contribution in [0.1, 0.15) is 26.7 Å². The van der Waals surface area contributed by atoms with Crippen molar-refractivity contribution in [3.05, 3.63) is 12.7 Å². The fourth-order valence-electron chi connectivity index (χ4n) is 1.84. The molecule has 0 saturated carbocycles. The third-order valence-electron chi connectivity index (χ3n) is 2.54. The third-order valence-corrected chi connectivity index (χ3v) is 2.54. The average Bonchev–Trinajstić information content (AvgIpc) is 2.45. The average molecular weight is 196 g/mol. The van der Waals surface area contributed by atoms with Crippen LogP contribution < -0.4 is 0 Å². The molecule has 3 heteroatoms. The molecule has 80 valence electrons. The van der Waals surface area contributed by atoms with Gasteiger partial charge in [0.2, 0.25) is 5.91 Å². The topological polar surface area (TPSA) is 23.6 Å². The molecule has 0 unspecified atom stereocenters. The van der Waals surface area contributed by atoms with Crippen LogP contribution in [0.4, 0.5) is 0 Å². The Morgan fingerprint density at radius 2 is 2.29 bits per heavy atom. The summed E-state index contributed by atoms with van der Waals surface area (Å²) in [6.45, 7) is 8.85. The Morgan fingerprint density at radius 3 is 2.79 bits per heavy atom. The summed E-state index contributed by atoms with van der Waals surface area (Å²) in [6.07, 6.45) is 3.49. The quantitative estimate of drug-likeness (QED) is 0.641. The van der Waals surface area contributed by atoms with E-state index in [0.717, 1.165) is 13.0 Å². The standard InChI is InChI=1S/C11H20N2O/c1-5-10-6-7-12(4)13(10)11(14)8-9(2)3/h5,9-10H,1,6-8H2,2-4H3/t10-/m1/s1. The summed E-state index contributed by atoms with van der Waals surface area (Å²) >= 11 is 0. The van der Waals surface area contributed by atoms with Gasteiger partial charge in [-0.3, -0.25) is 9.80 Å². The Bertz CT molecular complexity index is 225. The molecule has 0 radical (unpaired) electrons. The van der Waals surface area contributed by atoms with Gasteiger partial charge in [0.1, 0.15) is 0 Å². The van der Waals surface area contributed by atoms with E-state index in [1.54, 1.807) is 0 Å². The number of hydrazine groups is 1. The molecule has 1 atom stereocenters. The lowest BCUT2D eigenvalue weighted by molar-refractivity contribution is -0.144. The monoisotopic (exact) mass is 196 g/mol. The van der Waals surface area contributed by atoms with Gasteiger partial charge >= 0.3 is 0 Å². The third kappa shape index (κ3) is 2.35. The van der Waals surface area contributed by atoms with Crippen LogP contribution in [0.2, 0.25) is 0 Å². The predicted molar refractivity (Wildman–Crippen MR) is 57.5 cm³/mol. The lowest BCUT2D eigenvalue weighted by Crippen LogP contribution is -2.43. The number of carbonyl (C=O) groups is 1. The second-order valence-electron chi connectivity index (χ2n) is 4.31. The molecular formula is C11H20N2O. The SMILES string of the molecule is C=C[C@@H]1CCN(C)N1C(=O)CC(C)C. The van der Waals surface area contributed by atoms with E-state index in [0.29, 0.717) is 12.3 Å². The van der Waals surface area contributed by atoms with Crippen LogP contribution in [-0.2, 0) is 4.79 Å². The largest absolute Gasteiger partial charge is 0.273 e. The van der Waals surface area contributed by atoms with Gasteiger partial charge in [0.15, 0.2) is 0 Å². The molecule has 1 aliphatic rings. The molecule has 1 amide bonds. The summed E-state index contributed by atoms with van der Waals surface area (Å²) in [5, 5.41) is 3.84. The van der Waals surface area contributed by atoms with E-state index < -0.39 is 0 Å². The van der Waals surface area contributed by atoms with Gasteiger partial charge in [-0.2, -0.15) is 0 Å². The molecule has 3 nitrogen and oxygen atoms in total. The van der Waals surface area contributed by atoms with Crippen LogP contribution in [-0.4, -0.2) is 35.6 Å². The van der Waals surface area contributed by atoms with Crippen molar-refractivity contribution in [1.82, 2.24) is 10.0 Å². The second-order valence-corrected chi connectivity index (χ2v) is 4.31. The first-order valence-electron chi connectivity index (χ1n) is 5.22. The number of hydrogen-bond donors (Lipinski definition) is 0. The molecule has 1 heterocycles. The summed E-state index contributed by atoms with van der Waals surface area (Å²) in [6, 6.07) is 0.200. The highest BCUT2D eigenvalue weighted by Crippen LogP contribution is 2.19. The normalized spacial score (nSPS) is 23.1. The number of hydrogen-bond acceptors (Lipinski definition) is 2. The van der Waals surface area contributed by atoms with Crippen LogP contribution in [0.15, 0.2) is 12.7 Å². The Morgan fingerprint density at radius 1 is 1.64 bits per heavy atom.